The highest BCUT2D eigenvalue weighted by molar-refractivity contribution is 5.92. The Kier molecular flexibility index (Phi) is 4.87. The van der Waals surface area contributed by atoms with Crippen molar-refractivity contribution in [2.45, 2.75) is 32.4 Å². The van der Waals surface area contributed by atoms with E-state index >= 15 is 0 Å². The van der Waals surface area contributed by atoms with Gasteiger partial charge in [-0.1, -0.05) is 13.0 Å². The Labute approximate surface area is 114 Å². The molecular weight excluding hydrogens is 240 g/mol. The predicted octanol–water partition coefficient (Wildman–Crippen LogP) is 0.754. The van der Waals surface area contributed by atoms with E-state index in [0.717, 1.165) is 25.1 Å². The first-order valence-corrected chi connectivity index (χ1v) is 6.91. The summed E-state index contributed by atoms with van der Waals surface area (Å²) in [5, 5.41) is 2.97. The molecule has 2 rings (SSSR count). The number of likely N-dealkylation sites (N-methyl/N-ethyl adjacent to an activating group) is 1. The Hall–Kier alpha value is -1.46. The van der Waals surface area contributed by atoms with Gasteiger partial charge < -0.3 is 11.1 Å². The summed E-state index contributed by atoms with van der Waals surface area (Å²) in [6, 6.07) is 4.04. The number of carbonyl (C=O) groups is 1. The molecule has 5 nitrogen and oxygen atoms in total. The van der Waals surface area contributed by atoms with Gasteiger partial charge in [-0.3, -0.25) is 14.7 Å². The number of nitrogens with zero attached hydrogens (tertiary/aromatic N) is 2. The molecule has 0 saturated carbocycles. The van der Waals surface area contributed by atoms with E-state index in [1.54, 1.807) is 12.3 Å². The zero-order chi connectivity index (χ0) is 13.7. The fourth-order valence-electron chi connectivity index (χ4n) is 2.52. The fourth-order valence-corrected chi connectivity index (χ4v) is 2.52. The highest BCUT2D eigenvalue weighted by atomic mass is 16.1. The lowest BCUT2D eigenvalue weighted by molar-refractivity contribution is 0.0936. The third-order valence-electron chi connectivity index (χ3n) is 3.70. The number of hydrogen-bond donors (Lipinski definition) is 2. The van der Waals surface area contributed by atoms with Crippen LogP contribution < -0.4 is 11.1 Å². The summed E-state index contributed by atoms with van der Waals surface area (Å²) < 4.78 is 0. The number of carbonyl (C=O) groups excluding carboxylic acids is 1. The van der Waals surface area contributed by atoms with E-state index in [0.29, 0.717) is 24.8 Å². The Morgan fingerprint density at radius 2 is 2.42 bits per heavy atom. The van der Waals surface area contributed by atoms with Crippen molar-refractivity contribution >= 4 is 5.91 Å². The first kappa shape index (κ1) is 14.0. The second-order valence-electron chi connectivity index (χ2n) is 4.89. The smallest absolute Gasteiger partial charge is 0.269 e. The van der Waals surface area contributed by atoms with Crippen LogP contribution in [0.5, 0.6) is 0 Å². The molecule has 1 amide bonds. The van der Waals surface area contributed by atoms with Gasteiger partial charge in [-0.05, 0) is 37.6 Å². The van der Waals surface area contributed by atoms with Crippen LogP contribution in [0.15, 0.2) is 18.3 Å². The van der Waals surface area contributed by atoms with Crippen LogP contribution >= 0.6 is 0 Å². The molecular formula is C14H22N4O. The Balaban J connectivity index is 1.86. The number of pyridine rings is 1. The van der Waals surface area contributed by atoms with Gasteiger partial charge in [-0.2, -0.15) is 0 Å². The normalized spacial score (nSPS) is 19.6. The van der Waals surface area contributed by atoms with Crippen LogP contribution in [0.25, 0.3) is 0 Å². The second-order valence-corrected chi connectivity index (χ2v) is 4.89. The molecule has 0 spiro atoms. The van der Waals surface area contributed by atoms with Gasteiger partial charge in [0.05, 0.1) is 0 Å². The number of amides is 1. The molecule has 5 heteroatoms. The summed E-state index contributed by atoms with van der Waals surface area (Å²) in [5.41, 5.74) is 6.89. The summed E-state index contributed by atoms with van der Waals surface area (Å²) in [4.78, 5) is 18.5. The molecule has 0 aromatic carbocycles. The third kappa shape index (κ3) is 3.52. The van der Waals surface area contributed by atoms with Crippen LogP contribution in [0.4, 0.5) is 0 Å². The van der Waals surface area contributed by atoms with Gasteiger partial charge in [0.2, 0.25) is 0 Å². The van der Waals surface area contributed by atoms with E-state index < -0.39 is 0 Å². The van der Waals surface area contributed by atoms with E-state index in [1.807, 2.05) is 6.07 Å². The van der Waals surface area contributed by atoms with Crippen LogP contribution in [-0.2, 0) is 6.54 Å². The van der Waals surface area contributed by atoms with Crippen LogP contribution in [0.2, 0.25) is 0 Å². The van der Waals surface area contributed by atoms with Gasteiger partial charge in [0.25, 0.3) is 5.91 Å². The predicted molar refractivity (Wildman–Crippen MR) is 74.7 cm³/mol. The number of nitrogens with one attached hydrogen (secondary N) is 1. The van der Waals surface area contributed by atoms with Crippen molar-refractivity contribution < 1.29 is 4.79 Å². The molecule has 1 saturated heterocycles. The second kappa shape index (κ2) is 6.63. The number of hydrogen-bond acceptors (Lipinski definition) is 4. The number of nitrogens with two attached hydrogens (primary N) is 1. The highest BCUT2D eigenvalue weighted by Gasteiger charge is 2.23. The zero-order valence-corrected chi connectivity index (χ0v) is 11.4. The lowest BCUT2D eigenvalue weighted by atomic mass is 10.2. The van der Waals surface area contributed by atoms with Gasteiger partial charge in [-0.25, -0.2) is 0 Å². The summed E-state index contributed by atoms with van der Waals surface area (Å²) in [5.74, 6) is -0.105. The summed E-state index contributed by atoms with van der Waals surface area (Å²) >= 11 is 0. The Morgan fingerprint density at radius 1 is 1.58 bits per heavy atom. The van der Waals surface area contributed by atoms with Crippen molar-refractivity contribution in [2.24, 2.45) is 5.73 Å². The quantitative estimate of drug-likeness (QED) is 0.821. The van der Waals surface area contributed by atoms with Crippen molar-refractivity contribution in [2.75, 3.05) is 19.6 Å². The SMILES string of the molecule is CCN1CCCC1CNC(=O)c1ccc(CN)cn1. The maximum atomic E-state index is 12.0. The van der Waals surface area contributed by atoms with Gasteiger partial charge >= 0.3 is 0 Å². The Morgan fingerprint density at radius 3 is 3.05 bits per heavy atom. The molecule has 1 aromatic rings. The first-order valence-electron chi connectivity index (χ1n) is 6.91. The number of aromatic nitrogens is 1. The van der Waals surface area contributed by atoms with Crippen molar-refractivity contribution in [3.63, 3.8) is 0 Å². The minimum absolute atomic E-state index is 0.105. The topological polar surface area (TPSA) is 71.2 Å². The largest absolute Gasteiger partial charge is 0.349 e. The third-order valence-corrected chi connectivity index (χ3v) is 3.70. The first-order chi connectivity index (χ1) is 9.24. The molecule has 19 heavy (non-hydrogen) atoms. The highest BCUT2D eigenvalue weighted by Crippen LogP contribution is 2.15. The number of rotatable bonds is 5. The van der Waals surface area contributed by atoms with Crippen molar-refractivity contribution in [3.8, 4) is 0 Å². The standard InChI is InChI=1S/C14H22N4O/c1-2-18-7-3-4-12(18)10-17-14(19)13-6-5-11(8-15)9-16-13/h5-6,9,12H,2-4,7-8,10,15H2,1H3,(H,17,19). The lowest BCUT2D eigenvalue weighted by Gasteiger charge is -2.22. The van der Waals surface area contributed by atoms with Crippen molar-refractivity contribution in [1.29, 1.82) is 0 Å². The van der Waals surface area contributed by atoms with Gasteiger partial charge in [-0.15, -0.1) is 0 Å². The van der Waals surface area contributed by atoms with Crippen LogP contribution in [0.1, 0.15) is 35.8 Å². The van der Waals surface area contributed by atoms with Gasteiger partial charge in [0.1, 0.15) is 5.69 Å². The summed E-state index contributed by atoms with van der Waals surface area (Å²) in [6.45, 7) is 5.49. The molecule has 0 radical (unpaired) electrons. The monoisotopic (exact) mass is 262 g/mol. The minimum Gasteiger partial charge on any atom is -0.349 e. The van der Waals surface area contributed by atoms with Crippen LogP contribution in [-0.4, -0.2) is 41.5 Å². The molecule has 1 fully saturated rings. The minimum atomic E-state index is -0.105. The average Bonchev–Trinajstić information content (AvgIpc) is 2.92. The van der Waals surface area contributed by atoms with Crippen molar-refractivity contribution in [3.05, 3.63) is 29.6 Å². The van der Waals surface area contributed by atoms with E-state index in [1.165, 1.54) is 6.42 Å². The zero-order valence-electron chi connectivity index (χ0n) is 11.4. The molecule has 1 aliphatic heterocycles. The molecule has 1 aliphatic rings. The van der Waals surface area contributed by atoms with E-state index in [2.05, 4.69) is 22.1 Å². The average molecular weight is 262 g/mol. The fraction of sp³-hybridized carbons (Fsp3) is 0.571. The van der Waals surface area contributed by atoms with Gasteiger partial charge in [0, 0.05) is 25.3 Å². The maximum absolute atomic E-state index is 12.0. The molecule has 1 aromatic heterocycles. The van der Waals surface area contributed by atoms with Crippen molar-refractivity contribution in [1.82, 2.24) is 15.2 Å². The molecule has 104 valence electrons. The van der Waals surface area contributed by atoms with E-state index in [-0.39, 0.29) is 5.91 Å². The molecule has 2 heterocycles. The summed E-state index contributed by atoms with van der Waals surface area (Å²) in [7, 11) is 0. The molecule has 1 unspecified atom stereocenters. The van der Waals surface area contributed by atoms with E-state index in [9.17, 15) is 4.79 Å². The molecule has 1 atom stereocenters. The molecule has 0 aliphatic carbocycles. The van der Waals surface area contributed by atoms with Gasteiger partial charge in [0.15, 0.2) is 0 Å². The molecule has 0 bridgehead atoms. The maximum Gasteiger partial charge on any atom is 0.269 e. The van der Waals surface area contributed by atoms with E-state index in [4.69, 9.17) is 5.73 Å². The van der Waals surface area contributed by atoms with Crippen LogP contribution in [0.3, 0.4) is 0 Å². The number of likely N-dealkylation sites (tertiary alicyclic amines) is 1. The Bertz CT molecular complexity index is 418. The lowest BCUT2D eigenvalue weighted by Crippen LogP contribution is -2.40. The van der Waals surface area contributed by atoms with Crippen LogP contribution in [0, 0.1) is 0 Å². The summed E-state index contributed by atoms with van der Waals surface area (Å²) in [6.07, 6.45) is 4.04. The molecule has 3 N–H and O–H groups in total.